The minimum absolute atomic E-state index is 0.0878. The molecule has 0 saturated heterocycles. The summed E-state index contributed by atoms with van der Waals surface area (Å²) in [6.07, 6.45) is 8.63. The van der Waals surface area contributed by atoms with Crippen molar-refractivity contribution in [3.8, 4) is 0 Å². The van der Waals surface area contributed by atoms with Gasteiger partial charge in [0.05, 0.1) is 4.90 Å². The Balaban J connectivity index is 1.49. The van der Waals surface area contributed by atoms with Crippen molar-refractivity contribution < 1.29 is 18.3 Å². The maximum atomic E-state index is 13.4. The molecule has 2 bridgehead atoms. The van der Waals surface area contributed by atoms with E-state index in [1.165, 1.54) is 0 Å². The molecule has 0 amide bonds. The third-order valence-corrected chi connectivity index (χ3v) is 9.22. The molecule has 5 rings (SSSR count). The fraction of sp³-hybridized carbons (Fsp3) is 0.500. The first-order valence-electron chi connectivity index (χ1n) is 11.6. The summed E-state index contributed by atoms with van der Waals surface area (Å²) in [5.74, 6) is 0.468. The van der Waals surface area contributed by atoms with Crippen molar-refractivity contribution >= 4 is 26.8 Å². The number of carboxylic acid groups (broad SMARTS) is 1. The van der Waals surface area contributed by atoms with Crippen LogP contribution in [0.4, 0.5) is 0 Å². The molecule has 0 aromatic heterocycles. The molecular weight excluding hydrogens is 422 g/mol. The van der Waals surface area contributed by atoms with Crippen LogP contribution in [0.2, 0.25) is 0 Å². The van der Waals surface area contributed by atoms with Gasteiger partial charge in [-0.3, -0.25) is 4.79 Å². The molecule has 2 N–H and O–H groups in total. The van der Waals surface area contributed by atoms with Gasteiger partial charge in [0.2, 0.25) is 10.0 Å². The van der Waals surface area contributed by atoms with Crippen molar-refractivity contribution in [3.05, 3.63) is 54.6 Å². The standard InChI is InChI=1S/C26H33NO4S/c1-26(2)21-15-20(11-5-3-4-6-12-24(28)29)25(23(26)17-21)27-32(30,31)22-14-13-18-9-7-8-10-19(18)16-22/h3,5,7-10,13-14,16,20-21,23,25,27H,4,6,11-12,15,17H2,1-2H3,(H,28,29). The summed E-state index contributed by atoms with van der Waals surface area (Å²) in [4.78, 5) is 11.0. The van der Waals surface area contributed by atoms with Crippen LogP contribution < -0.4 is 4.72 Å². The topological polar surface area (TPSA) is 83.5 Å². The number of benzene rings is 2. The number of aliphatic carboxylic acids is 1. The second-order valence-electron chi connectivity index (χ2n) is 10.0. The van der Waals surface area contributed by atoms with Gasteiger partial charge in [-0.2, -0.15) is 0 Å². The number of sulfonamides is 1. The van der Waals surface area contributed by atoms with Gasteiger partial charge in [0, 0.05) is 12.5 Å². The highest BCUT2D eigenvalue weighted by atomic mass is 32.2. The van der Waals surface area contributed by atoms with E-state index in [1.807, 2.05) is 36.4 Å². The van der Waals surface area contributed by atoms with Gasteiger partial charge in [0.1, 0.15) is 0 Å². The molecule has 3 aliphatic rings. The second-order valence-corrected chi connectivity index (χ2v) is 11.7. The van der Waals surface area contributed by atoms with Crippen molar-refractivity contribution in [3.63, 3.8) is 0 Å². The third kappa shape index (κ3) is 4.62. The first kappa shape index (κ1) is 23.0. The maximum Gasteiger partial charge on any atom is 0.303 e. The van der Waals surface area contributed by atoms with Crippen molar-refractivity contribution in [1.29, 1.82) is 0 Å². The molecule has 4 unspecified atom stereocenters. The molecule has 0 radical (unpaired) electrons. The molecule has 32 heavy (non-hydrogen) atoms. The van der Waals surface area contributed by atoms with Crippen molar-refractivity contribution in [1.82, 2.24) is 4.72 Å². The molecule has 0 spiro atoms. The lowest BCUT2D eigenvalue weighted by molar-refractivity contribution is -0.137. The van der Waals surface area contributed by atoms with Crippen LogP contribution in [0.25, 0.3) is 10.8 Å². The Morgan fingerprint density at radius 1 is 1.12 bits per heavy atom. The Kier molecular flexibility index (Phi) is 6.46. The van der Waals surface area contributed by atoms with E-state index >= 15 is 0 Å². The lowest BCUT2D eigenvalue weighted by Crippen LogP contribution is -2.63. The van der Waals surface area contributed by atoms with E-state index in [-0.39, 0.29) is 23.8 Å². The Morgan fingerprint density at radius 3 is 2.59 bits per heavy atom. The molecule has 0 heterocycles. The minimum atomic E-state index is -3.63. The normalized spacial score (nSPS) is 26.8. The van der Waals surface area contributed by atoms with E-state index in [4.69, 9.17) is 5.11 Å². The molecule has 4 atom stereocenters. The van der Waals surface area contributed by atoms with Crippen LogP contribution >= 0.6 is 0 Å². The number of nitrogens with one attached hydrogen (secondary N) is 1. The molecule has 3 fully saturated rings. The number of carboxylic acids is 1. The molecular formula is C26H33NO4S. The van der Waals surface area contributed by atoms with Gasteiger partial charge >= 0.3 is 5.97 Å². The van der Waals surface area contributed by atoms with E-state index in [1.54, 1.807) is 12.1 Å². The highest BCUT2D eigenvalue weighted by Gasteiger charge is 2.58. The van der Waals surface area contributed by atoms with E-state index in [0.717, 1.165) is 36.5 Å². The molecule has 6 heteroatoms. The fourth-order valence-electron chi connectivity index (χ4n) is 5.67. The quantitative estimate of drug-likeness (QED) is 0.393. The maximum absolute atomic E-state index is 13.4. The minimum Gasteiger partial charge on any atom is -0.481 e. The predicted octanol–water partition coefficient (Wildman–Crippen LogP) is 5.37. The molecule has 3 saturated carbocycles. The zero-order valence-electron chi connectivity index (χ0n) is 18.8. The van der Waals surface area contributed by atoms with E-state index in [9.17, 15) is 13.2 Å². The summed E-state index contributed by atoms with van der Waals surface area (Å²) in [5, 5.41) is 10.7. The summed E-state index contributed by atoms with van der Waals surface area (Å²) < 4.78 is 29.8. The van der Waals surface area contributed by atoms with Gasteiger partial charge < -0.3 is 5.11 Å². The fourth-order valence-corrected chi connectivity index (χ4v) is 7.05. The Hall–Kier alpha value is -2.18. The van der Waals surface area contributed by atoms with Crippen molar-refractivity contribution in [2.24, 2.45) is 23.2 Å². The van der Waals surface area contributed by atoms with Gasteiger partial charge in [0.15, 0.2) is 0 Å². The first-order valence-corrected chi connectivity index (χ1v) is 13.0. The van der Waals surface area contributed by atoms with Crippen LogP contribution in [0.5, 0.6) is 0 Å². The summed E-state index contributed by atoms with van der Waals surface area (Å²) in [6, 6.07) is 13.0. The first-order chi connectivity index (χ1) is 15.2. The molecule has 2 aromatic rings. The average Bonchev–Trinajstić information content (AvgIpc) is 2.75. The van der Waals surface area contributed by atoms with Gasteiger partial charge in [0.25, 0.3) is 0 Å². The molecule has 2 aromatic carbocycles. The van der Waals surface area contributed by atoms with Gasteiger partial charge in [-0.1, -0.05) is 56.3 Å². The highest BCUT2D eigenvalue weighted by molar-refractivity contribution is 7.89. The second kappa shape index (κ2) is 8.99. The summed E-state index contributed by atoms with van der Waals surface area (Å²) in [5.41, 5.74) is 0.151. The number of unbranched alkanes of at least 4 members (excludes halogenated alkanes) is 1. The van der Waals surface area contributed by atoms with Crippen LogP contribution in [0.15, 0.2) is 59.5 Å². The average molecular weight is 456 g/mol. The third-order valence-electron chi connectivity index (χ3n) is 7.76. The number of hydrogen-bond donors (Lipinski definition) is 2. The largest absolute Gasteiger partial charge is 0.481 e. The van der Waals surface area contributed by atoms with Crippen LogP contribution in [-0.2, 0) is 14.8 Å². The molecule has 0 aliphatic heterocycles. The van der Waals surface area contributed by atoms with Crippen molar-refractivity contribution in [2.45, 2.75) is 63.3 Å². The van der Waals surface area contributed by atoms with Crippen molar-refractivity contribution in [2.75, 3.05) is 0 Å². The number of fused-ring (bicyclic) bond motifs is 3. The monoisotopic (exact) mass is 455 g/mol. The SMILES string of the molecule is CC1(C)C2CC(CC=CCCCC(=O)O)C(NS(=O)(=O)c3ccc4ccccc4c3)C1C2. The summed E-state index contributed by atoms with van der Waals surface area (Å²) in [6.45, 7) is 4.53. The van der Waals surface area contributed by atoms with Crippen LogP contribution in [0.1, 0.15) is 52.4 Å². The van der Waals surface area contributed by atoms with E-state index in [2.05, 4.69) is 24.6 Å². The van der Waals surface area contributed by atoms with E-state index < -0.39 is 16.0 Å². The summed E-state index contributed by atoms with van der Waals surface area (Å²) in [7, 11) is -3.63. The van der Waals surface area contributed by atoms with Crippen LogP contribution in [0.3, 0.4) is 0 Å². The van der Waals surface area contributed by atoms with E-state index in [0.29, 0.717) is 23.2 Å². The Bertz CT molecular complexity index is 1120. The van der Waals surface area contributed by atoms with Gasteiger partial charge in [-0.25, -0.2) is 13.1 Å². The lowest BCUT2D eigenvalue weighted by Gasteiger charge is -2.62. The zero-order chi connectivity index (χ0) is 22.9. The lowest BCUT2D eigenvalue weighted by atomic mass is 9.45. The number of hydrogen-bond acceptors (Lipinski definition) is 3. The molecule has 5 nitrogen and oxygen atoms in total. The number of carbonyl (C=O) groups is 1. The highest BCUT2D eigenvalue weighted by Crippen LogP contribution is 2.61. The Labute approximate surface area is 191 Å². The zero-order valence-corrected chi connectivity index (χ0v) is 19.6. The Morgan fingerprint density at radius 2 is 1.88 bits per heavy atom. The predicted molar refractivity (Wildman–Crippen MR) is 127 cm³/mol. The van der Waals surface area contributed by atoms with Gasteiger partial charge in [-0.05, 0) is 78.2 Å². The van der Waals surface area contributed by atoms with Gasteiger partial charge in [-0.15, -0.1) is 0 Å². The number of allylic oxidation sites excluding steroid dienone is 2. The van der Waals surface area contributed by atoms with Crippen LogP contribution in [0, 0.1) is 23.2 Å². The number of rotatable bonds is 9. The smallest absolute Gasteiger partial charge is 0.303 e. The summed E-state index contributed by atoms with van der Waals surface area (Å²) >= 11 is 0. The molecule has 172 valence electrons. The van der Waals surface area contributed by atoms with Crippen LogP contribution in [-0.4, -0.2) is 25.5 Å². The molecule has 3 aliphatic carbocycles.